The molecule has 0 N–H and O–H groups in total. The zero-order valence-electron chi connectivity index (χ0n) is 34.0. The highest BCUT2D eigenvalue weighted by molar-refractivity contribution is 6.11. The Hall–Kier alpha value is -8.61. The van der Waals surface area contributed by atoms with Gasteiger partial charge in [0, 0.05) is 50.2 Å². The van der Waals surface area contributed by atoms with Crippen molar-refractivity contribution in [3.8, 4) is 33.6 Å². The molecule has 4 heterocycles. The third kappa shape index (κ3) is 5.48. The Morgan fingerprint density at radius 1 is 0.413 bits per heavy atom. The Kier molecular flexibility index (Phi) is 7.80. The Balaban J connectivity index is 1.01. The van der Waals surface area contributed by atoms with Crippen LogP contribution in [-0.2, 0) is 0 Å². The van der Waals surface area contributed by atoms with Gasteiger partial charge in [-0.15, -0.1) is 0 Å². The van der Waals surface area contributed by atoms with Gasteiger partial charge in [-0.25, -0.2) is 4.98 Å². The van der Waals surface area contributed by atoms with Crippen molar-refractivity contribution in [3.05, 3.63) is 224 Å². The highest BCUT2D eigenvalue weighted by Gasteiger charge is 2.26. The molecule has 0 aliphatic rings. The number of hydrogen-bond donors (Lipinski definition) is 0. The summed E-state index contributed by atoms with van der Waals surface area (Å²) in [5, 5.41) is 3.41. The van der Waals surface area contributed by atoms with Crippen molar-refractivity contribution in [1.82, 2.24) is 18.5 Å². The fraction of sp³-hybridized carbons (Fsp3) is 0. The Morgan fingerprint density at radius 2 is 0.984 bits per heavy atom. The first kappa shape index (κ1) is 35.2. The average molecular weight is 808 g/mol. The molecule has 0 bridgehead atoms. The number of para-hydroxylation sites is 5. The van der Waals surface area contributed by atoms with Crippen molar-refractivity contribution < 1.29 is 4.42 Å². The van der Waals surface area contributed by atoms with Crippen LogP contribution in [0.3, 0.4) is 0 Å². The third-order valence-corrected chi connectivity index (χ3v) is 12.4. The van der Waals surface area contributed by atoms with E-state index in [1.54, 1.807) is 0 Å². The van der Waals surface area contributed by atoms with Crippen LogP contribution in [0.1, 0.15) is 0 Å². The molecule has 0 aliphatic heterocycles. The van der Waals surface area contributed by atoms with E-state index >= 15 is 0 Å². The van der Waals surface area contributed by atoms with Gasteiger partial charge in [-0.05, 0) is 95.6 Å². The van der Waals surface area contributed by atoms with Crippen LogP contribution < -0.4 is 4.90 Å². The number of rotatable bonds is 7. The molecule has 0 aliphatic carbocycles. The minimum Gasteiger partial charge on any atom is -0.455 e. The molecule has 6 heteroatoms. The van der Waals surface area contributed by atoms with Gasteiger partial charge in [0.1, 0.15) is 16.7 Å². The lowest BCUT2D eigenvalue weighted by Crippen LogP contribution is -2.10. The van der Waals surface area contributed by atoms with E-state index < -0.39 is 0 Å². The number of imidazole rings is 2. The fourth-order valence-corrected chi connectivity index (χ4v) is 9.59. The molecule has 0 fully saturated rings. The van der Waals surface area contributed by atoms with Crippen LogP contribution in [0, 0.1) is 0 Å². The fourth-order valence-electron chi connectivity index (χ4n) is 9.59. The minimum absolute atomic E-state index is 0.858. The molecular weight excluding hydrogens is 771 g/mol. The third-order valence-electron chi connectivity index (χ3n) is 12.4. The maximum absolute atomic E-state index is 6.45. The van der Waals surface area contributed by atoms with Crippen LogP contribution in [0.25, 0.3) is 94.4 Å². The van der Waals surface area contributed by atoms with Gasteiger partial charge in [-0.3, -0.25) is 13.5 Å². The summed E-state index contributed by atoms with van der Waals surface area (Å²) in [7, 11) is 0. The van der Waals surface area contributed by atoms with Crippen LogP contribution in [0.4, 0.5) is 17.1 Å². The van der Waals surface area contributed by atoms with E-state index in [1.807, 2.05) is 12.1 Å². The van der Waals surface area contributed by atoms with Gasteiger partial charge in [-0.2, -0.15) is 0 Å². The van der Waals surface area contributed by atoms with E-state index in [1.165, 1.54) is 16.5 Å². The zero-order chi connectivity index (χ0) is 41.4. The molecule has 0 spiro atoms. The maximum Gasteiger partial charge on any atom is 0.221 e. The first-order chi connectivity index (χ1) is 31.3. The number of nitrogens with zero attached hydrogens (tertiary/aromatic N) is 5. The lowest BCUT2D eigenvalue weighted by atomic mass is 10.0. The number of hydrogen-bond acceptors (Lipinski definition) is 3. The van der Waals surface area contributed by atoms with Crippen LogP contribution in [0.5, 0.6) is 0 Å². The average Bonchev–Trinajstić information content (AvgIpc) is 4.10. The van der Waals surface area contributed by atoms with Crippen molar-refractivity contribution in [2.24, 2.45) is 0 Å². The topological polar surface area (TPSA) is 43.5 Å². The number of furan rings is 1. The highest BCUT2D eigenvalue weighted by atomic mass is 16.3. The lowest BCUT2D eigenvalue weighted by molar-refractivity contribution is 0.670. The van der Waals surface area contributed by atoms with Crippen molar-refractivity contribution in [2.45, 2.75) is 0 Å². The van der Waals surface area contributed by atoms with Crippen molar-refractivity contribution in [1.29, 1.82) is 0 Å². The predicted octanol–water partition coefficient (Wildman–Crippen LogP) is 15.1. The van der Waals surface area contributed by atoms with E-state index in [4.69, 9.17) is 9.40 Å². The lowest BCUT2D eigenvalue weighted by Gasteiger charge is -2.26. The molecule has 9 aromatic carbocycles. The second-order valence-electron chi connectivity index (χ2n) is 16.0. The van der Waals surface area contributed by atoms with Crippen molar-refractivity contribution in [3.63, 3.8) is 0 Å². The van der Waals surface area contributed by atoms with Gasteiger partial charge in [0.25, 0.3) is 0 Å². The van der Waals surface area contributed by atoms with Gasteiger partial charge in [0.05, 0.1) is 16.6 Å². The highest BCUT2D eigenvalue weighted by Crippen LogP contribution is 2.42. The van der Waals surface area contributed by atoms with Gasteiger partial charge in [0.2, 0.25) is 5.78 Å². The Labute approximate surface area is 362 Å². The van der Waals surface area contributed by atoms with E-state index in [-0.39, 0.29) is 0 Å². The SMILES string of the molecule is c1ccc(-c2ccc(N(c3ccc(-c4cccc5c4oc4ccccc45)cc3)c3ccc4c(c3)nc3n(-c5ccccc5)c5c6ccccc6n(-c6ccccc6)c5n43)cc2)cc1. The maximum atomic E-state index is 6.45. The smallest absolute Gasteiger partial charge is 0.221 e. The predicted molar refractivity (Wildman–Crippen MR) is 259 cm³/mol. The Bertz CT molecular complexity index is 3820. The summed E-state index contributed by atoms with van der Waals surface area (Å²) in [6.45, 7) is 0. The molecule has 13 aromatic rings. The summed E-state index contributed by atoms with van der Waals surface area (Å²) in [6.07, 6.45) is 0. The van der Waals surface area contributed by atoms with Gasteiger partial charge >= 0.3 is 0 Å². The normalized spacial score (nSPS) is 11.8. The number of anilines is 3. The molecule has 0 amide bonds. The van der Waals surface area contributed by atoms with E-state index in [2.05, 4.69) is 231 Å². The monoisotopic (exact) mass is 807 g/mol. The quantitative estimate of drug-likeness (QED) is 0.161. The molecule has 63 heavy (non-hydrogen) atoms. The van der Waals surface area contributed by atoms with Gasteiger partial charge < -0.3 is 9.32 Å². The molecule has 296 valence electrons. The number of aromatic nitrogens is 4. The Morgan fingerprint density at radius 3 is 1.71 bits per heavy atom. The summed E-state index contributed by atoms with van der Waals surface area (Å²) in [5.41, 5.74) is 16.8. The second-order valence-corrected chi connectivity index (χ2v) is 16.0. The number of fused-ring (bicyclic) bond motifs is 10. The molecule has 0 radical (unpaired) electrons. The van der Waals surface area contributed by atoms with E-state index in [0.717, 1.165) is 95.0 Å². The molecule has 0 unspecified atom stereocenters. The van der Waals surface area contributed by atoms with Crippen LogP contribution in [0.15, 0.2) is 229 Å². The van der Waals surface area contributed by atoms with Gasteiger partial charge in [0.15, 0.2) is 5.65 Å². The molecule has 0 atom stereocenters. The van der Waals surface area contributed by atoms with Crippen molar-refractivity contribution >= 4 is 77.9 Å². The standard InChI is InChI=1S/C57H37N5O/c1-4-15-38(16-5-1)39-27-31-43(32-28-39)59(44-33-29-40(30-34-44)46-23-14-24-48-47-21-11-13-26-53(47)63-55(46)48)45-35-36-52-50(37-45)58-57-61(42-19-8-3-9-20-42)54-49-22-10-12-25-51(49)60(56(54)62(52)57)41-17-6-2-7-18-41/h1-37H. The summed E-state index contributed by atoms with van der Waals surface area (Å²) in [4.78, 5) is 7.83. The minimum atomic E-state index is 0.858. The molecular formula is C57H37N5O. The summed E-state index contributed by atoms with van der Waals surface area (Å²) >= 11 is 0. The zero-order valence-corrected chi connectivity index (χ0v) is 34.0. The summed E-state index contributed by atoms with van der Waals surface area (Å²) < 4.78 is 13.5. The van der Waals surface area contributed by atoms with E-state index in [9.17, 15) is 0 Å². The second kappa shape index (κ2) is 14.0. The first-order valence-electron chi connectivity index (χ1n) is 21.3. The van der Waals surface area contributed by atoms with Crippen LogP contribution in [-0.4, -0.2) is 18.5 Å². The van der Waals surface area contributed by atoms with Gasteiger partial charge in [-0.1, -0.05) is 146 Å². The molecule has 4 aromatic heterocycles. The van der Waals surface area contributed by atoms with Crippen LogP contribution >= 0.6 is 0 Å². The molecule has 13 rings (SSSR count). The molecule has 0 saturated heterocycles. The van der Waals surface area contributed by atoms with Crippen molar-refractivity contribution in [2.75, 3.05) is 4.90 Å². The molecule has 6 nitrogen and oxygen atoms in total. The first-order valence-corrected chi connectivity index (χ1v) is 21.3. The number of benzene rings is 9. The molecule has 0 saturated carbocycles. The van der Waals surface area contributed by atoms with Crippen LogP contribution in [0.2, 0.25) is 0 Å². The summed E-state index contributed by atoms with van der Waals surface area (Å²) in [5.74, 6) is 0.858. The summed E-state index contributed by atoms with van der Waals surface area (Å²) in [6, 6.07) is 79.4. The largest absolute Gasteiger partial charge is 0.455 e. The van der Waals surface area contributed by atoms with E-state index in [0.29, 0.717) is 0 Å².